The minimum atomic E-state index is -1.22. The lowest BCUT2D eigenvalue weighted by Gasteiger charge is -2.49. The molecule has 1 amide bonds. The Morgan fingerprint density at radius 2 is 2.30 bits per heavy atom. The molecule has 0 radical (unpaired) electrons. The van der Waals surface area contributed by atoms with Crippen LogP contribution in [0, 0.1) is 0 Å². The summed E-state index contributed by atoms with van der Waals surface area (Å²) in [5, 5.41) is 12.1. The van der Waals surface area contributed by atoms with Gasteiger partial charge in [0.2, 0.25) is 5.91 Å². The van der Waals surface area contributed by atoms with Crippen LogP contribution in [0.3, 0.4) is 0 Å². The summed E-state index contributed by atoms with van der Waals surface area (Å²) in [4.78, 5) is 24.5. The van der Waals surface area contributed by atoms with Crippen molar-refractivity contribution in [2.75, 3.05) is 19.0 Å². The van der Waals surface area contributed by atoms with E-state index < -0.39 is 12.6 Å². The Morgan fingerprint density at radius 1 is 1.55 bits per heavy atom. The number of hydrogen-bond acceptors (Lipinski definition) is 4. The van der Waals surface area contributed by atoms with Crippen LogP contribution >= 0.6 is 11.8 Å². The van der Waals surface area contributed by atoms with Gasteiger partial charge in [-0.2, -0.15) is 0 Å². The number of fused-ring (bicyclic) bond motifs is 1. The number of carboxylic acids is 1. The minimum absolute atomic E-state index is 0.159. The molecule has 2 aliphatic heterocycles. The third kappa shape index (κ3) is 2.69. The summed E-state index contributed by atoms with van der Waals surface area (Å²) in [6, 6.07) is -0.340. The molecular formula is C13H19FN2O3S. The lowest BCUT2D eigenvalue weighted by molar-refractivity contribution is -0.149. The molecule has 0 bridgehead atoms. The van der Waals surface area contributed by atoms with Crippen molar-refractivity contribution in [2.24, 2.45) is 0 Å². The van der Waals surface area contributed by atoms with Crippen LogP contribution in [0.5, 0.6) is 0 Å². The van der Waals surface area contributed by atoms with Crippen LogP contribution in [0.1, 0.15) is 26.2 Å². The van der Waals surface area contributed by atoms with Gasteiger partial charge in [-0.3, -0.25) is 9.69 Å². The number of nitrogens with zero attached hydrogens (tertiary/aromatic N) is 1. The maximum absolute atomic E-state index is 12.8. The van der Waals surface area contributed by atoms with Crippen molar-refractivity contribution >= 4 is 23.6 Å². The zero-order valence-corrected chi connectivity index (χ0v) is 12.2. The van der Waals surface area contributed by atoms with E-state index in [4.69, 9.17) is 5.11 Å². The van der Waals surface area contributed by atoms with Gasteiger partial charge in [-0.1, -0.05) is 19.8 Å². The van der Waals surface area contributed by atoms with Gasteiger partial charge < -0.3 is 10.4 Å². The van der Waals surface area contributed by atoms with E-state index in [9.17, 15) is 14.0 Å². The molecule has 0 aromatic carbocycles. The fourth-order valence-corrected chi connectivity index (χ4v) is 3.82. The number of rotatable bonds is 7. The monoisotopic (exact) mass is 302 g/mol. The van der Waals surface area contributed by atoms with Gasteiger partial charge in [-0.05, 0) is 13.0 Å². The van der Waals surface area contributed by atoms with Crippen molar-refractivity contribution in [1.29, 1.82) is 0 Å². The summed E-state index contributed by atoms with van der Waals surface area (Å²) in [5.74, 6) is -1.15. The van der Waals surface area contributed by atoms with Crippen molar-refractivity contribution in [2.45, 2.75) is 37.6 Å². The Kier molecular flexibility index (Phi) is 5.04. The molecule has 112 valence electrons. The largest absolute Gasteiger partial charge is 0.477 e. The van der Waals surface area contributed by atoms with E-state index >= 15 is 0 Å². The highest BCUT2D eigenvalue weighted by molar-refractivity contribution is 8.00. The average Bonchev–Trinajstić information content (AvgIpc) is 2.45. The zero-order chi connectivity index (χ0) is 14.7. The second-order valence-electron chi connectivity index (χ2n) is 4.94. The van der Waals surface area contributed by atoms with Crippen LogP contribution in [0.2, 0.25) is 0 Å². The number of carboxylic acid groups (broad SMARTS) is 1. The second-order valence-corrected chi connectivity index (χ2v) is 6.04. The van der Waals surface area contributed by atoms with Crippen LogP contribution in [-0.2, 0) is 9.59 Å². The number of unbranched alkanes of at least 4 members (excludes halogenated alkanes) is 2. The molecule has 20 heavy (non-hydrogen) atoms. The van der Waals surface area contributed by atoms with E-state index in [2.05, 4.69) is 12.2 Å². The quantitative estimate of drug-likeness (QED) is 0.549. The summed E-state index contributed by atoms with van der Waals surface area (Å²) < 4.78 is 12.8. The minimum Gasteiger partial charge on any atom is -0.477 e. The van der Waals surface area contributed by atoms with Crippen LogP contribution in [0.25, 0.3) is 0 Å². The first kappa shape index (κ1) is 15.3. The molecular weight excluding hydrogens is 283 g/mol. The lowest BCUT2D eigenvalue weighted by atomic mass is 10.0. The molecule has 0 spiro atoms. The number of hydrogen-bond donors (Lipinski definition) is 2. The van der Waals surface area contributed by atoms with Gasteiger partial charge >= 0.3 is 5.97 Å². The topological polar surface area (TPSA) is 69.6 Å². The number of halogens is 1. The molecule has 2 heterocycles. The Hall–Kier alpha value is -1.08. The van der Waals surface area contributed by atoms with Crippen molar-refractivity contribution in [3.63, 3.8) is 0 Å². The summed E-state index contributed by atoms with van der Waals surface area (Å²) >= 11 is 1.42. The summed E-state index contributed by atoms with van der Waals surface area (Å²) in [6.45, 7) is 2.03. The van der Waals surface area contributed by atoms with Gasteiger partial charge in [0, 0.05) is 11.3 Å². The predicted octanol–water partition coefficient (Wildman–Crippen LogP) is 1.36. The van der Waals surface area contributed by atoms with E-state index in [1.54, 1.807) is 0 Å². The van der Waals surface area contributed by atoms with E-state index in [0.29, 0.717) is 5.75 Å². The fraction of sp³-hybridized carbons (Fsp3) is 0.692. The van der Waals surface area contributed by atoms with Crippen molar-refractivity contribution in [3.05, 3.63) is 11.3 Å². The van der Waals surface area contributed by atoms with Crippen molar-refractivity contribution in [3.8, 4) is 0 Å². The molecule has 0 saturated carbocycles. The molecule has 0 aliphatic carbocycles. The average molecular weight is 302 g/mol. The van der Waals surface area contributed by atoms with Gasteiger partial charge in [0.1, 0.15) is 23.8 Å². The van der Waals surface area contributed by atoms with E-state index in [0.717, 1.165) is 25.8 Å². The van der Waals surface area contributed by atoms with Gasteiger partial charge in [0.25, 0.3) is 0 Å². The van der Waals surface area contributed by atoms with E-state index in [1.165, 1.54) is 16.7 Å². The smallest absolute Gasteiger partial charge is 0.352 e. The van der Waals surface area contributed by atoms with Crippen molar-refractivity contribution < 1.29 is 19.1 Å². The van der Waals surface area contributed by atoms with E-state index in [-0.39, 0.29) is 28.6 Å². The lowest BCUT2D eigenvalue weighted by Crippen LogP contribution is -2.69. The van der Waals surface area contributed by atoms with Crippen LogP contribution in [-0.4, -0.2) is 52.3 Å². The van der Waals surface area contributed by atoms with Crippen LogP contribution in [0.15, 0.2) is 11.3 Å². The zero-order valence-electron chi connectivity index (χ0n) is 11.4. The third-order valence-corrected chi connectivity index (χ3v) is 4.90. The van der Waals surface area contributed by atoms with E-state index in [1.807, 2.05) is 0 Å². The number of aliphatic carboxylic acids is 1. The maximum atomic E-state index is 12.8. The number of carbonyl (C=O) groups is 2. The van der Waals surface area contributed by atoms with Gasteiger partial charge in [0.15, 0.2) is 0 Å². The third-order valence-electron chi connectivity index (χ3n) is 3.56. The van der Waals surface area contributed by atoms with Crippen LogP contribution in [0.4, 0.5) is 4.39 Å². The fourth-order valence-electron chi connectivity index (χ4n) is 2.47. The Bertz CT molecular complexity index is 441. The summed E-state index contributed by atoms with van der Waals surface area (Å²) in [5.41, 5.74) is 0.0318. The molecule has 0 aromatic rings. The predicted molar refractivity (Wildman–Crippen MR) is 75.0 cm³/mol. The molecule has 2 rings (SSSR count). The van der Waals surface area contributed by atoms with Crippen LogP contribution < -0.4 is 5.32 Å². The summed E-state index contributed by atoms with van der Waals surface area (Å²) in [7, 11) is 0. The van der Waals surface area contributed by atoms with Gasteiger partial charge in [-0.15, -0.1) is 11.8 Å². The van der Waals surface area contributed by atoms with Gasteiger partial charge in [-0.25, -0.2) is 9.18 Å². The second kappa shape index (κ2) is 6.58. The number of nitrogens with one attached hydrogen (secondary N) is 1. The normalized spacial score (nSPS) is 25.5. The molecule has 2 aliphatic rings. The number of β-lactam (4-membered cyclic amide) rings is 1. The first-order valence-corrected chi connectivity index (χ1v) is 7.86. The first-order chi connectivity index (χ1) is 9.61. The molecule has 2 atom stereocenters. The van der Waals surface area contributed by atoms with Crippen molar-refractivity contribution in [1.82, 2.24) is 10.2 Å². The highest BCUT2D eigenvalue weighted by Gasteiger charge is 2.53. The standard InChI is InChI=1S/C13H19FN2O3S/c1-2-3-4-5-15-9-11(17)16-10(13(18)19)8(6-14)7-20-12(9)16/h9,12,15H,2-7H2,1H3,(H,18,19)/t9?,12-/m0/s1. The highest BCUT2D eigenvalue weighted by Crippen LogP contribution is 2.40. The molecule has 7 heteroatoms. The molecule has 1 unspecified atom stereocenters. The number of amides is 1. The molecule has 1 saturated heterocycles. The Balaban J connectivity index is 2.01. The number of alkyl halides is 1. The first-order valence-electron chi connectivity index (χ1n) is 6.81. The maximum Gasteiger partial charge on any atom is 0.352 e. The molecule has 0 aromatic heterocycles. The Labute approximate surface area is 121 Å². The molecule has 2 N–H and O–H groups in total. The van der Waals surface area contributed by atoms with Gasteiger partial charge in [0.05, 0.1) is 0 Å². The summed E-state index contributed by atoms with van der Waals surface area (Å²) in [6.07, 6.45) is 3.20. The molecule has 5 nitrogen and oxygen atoms in total. The molecule has 1 fully saturated rings. The number of carbonyl (C=O) groups excluding carboxylic acids is 1. The number of thioether (sulfide) groups is 1. The SMILES string of the molecule is CCCCCNC1C(=O)N2C(C(=O)O)=C(CF)CS[C@@H]12. The Morgan fingerprint density at radius 3 is 2.90 bits per heavy atom. The highest BCUT2D eigenvalue weighted by atomic mass is 32.2.